The minimum Gasteiger partial charge on any atom is -0.490 e. The van der Waals surface area contributed by atoms with Crippen LogP contribution in [0, 0.1) is 12.8 Å². The maximum Gasteiger partial charge on any atom is 0.306 e. The number of hydrogen-bond acceptors (Lipinski definition) is 4. The lowest BCUT2D eigenvalue weighted by atomic mass is 9.82. The zero-order valence-corrected chi connectivity index (χ0v) is 16.4. The molecule has 1 heterocycles. The number of fused-ring (bicyclic) bond motifs is 1. The first-order chi connectivity index (χ1) is 13.3. The molecule has 1 aromatic heterocycles. The van der Waals surface area contributed by atoms with Crippen LogP contribution in [0.25, 0.3) is 22.3 Å². The molecule has 1 saturated carbocycles. The molecule has 144 valence electrons. The number of aliphatic carboxylic acids is 1. The van der Waals surface area contributed by atoms with Crippen LogP contribution in [0.15, 0.2) is 45.6 Å². The first-order valence-electron chi connectivity index (χ1n) is 8.76. The Labute approximate surface area is 170 Å². The number of benzene rings is 2. The fourth-order valence-electron chi connectivity index (χ4n) is 3.27. The zero-order chi connectivity index (χ0) is 20.0. The summed E-state index contributed by atoms with van der Waals surface area (Å²) in [5.41, 5.74) is 1.45. The van der Waals surface area contributed by atoms with Gasteiger partial charge in [0.15, 0.2) is 11.0 Å². The van der Waals surface area contributed by atoms with Crippen LogP contribution in [0.3, 0.4) is 0 Å². The third-order valence-corrected chi connectivity index (χ3v) is 5.68. The summed E-state index contributed by atoms with van der Waals surface area (Å²) in [6.07, 6.45) is 0.621. The van der Waals surface area contributed by atoms with Gasteiger partial charge in [-0.3, -0.25) is 9.59 Å². The molecule has 28 heavy (non-hydrogen) atoms. The molecule has 5 nitrogen and oxygen atoms in total. The van der Waals surface area contributed by atoms with Crippen LogP contribution >= 0.6 is 23.2 Å². The smallest absolute Gasteiger partial charge is 0.306 e. The first kappa shape index (κ1) is 18.8. The molecule has 1 fully saturated rings. The predicted octanol–water partition coefficient (Wildman–Crippen LogP) is 5.32. The number of carboxylic acids is 1. The quantitative estimate of drug-likeness (QED) is 0.620. The van der Waals surface area contributed by atoms with Gasteiger partial charge in [-0.05, 0) is 49.6 Å². The van der Waals surface area contributed by atoms with E-state index in [-0.39, 0.29) is 11.5 Å². The number of aryl methyl sites for hydroxylation is 1. The Hall–Kier alpha value is -2.50. The van der Waals surface area contributed by atoms with E-state index in [0.29, 0.717) is 50.9 Å². The summed E-state index contributed by atoms with van der Waals surface area (Å²) >= 11 is 12.5. The molecular weight excluding hydrogens is 403 g/mol. The molecule has 0 saturated heterocycles. The lowest BCUT2D eigenvalue weighted by molar-refractivity contribution is -0.147. The van der Waals surface area contributed by atoms with Gasteiger partial charge in [-0.2, -0.15) is 0 Å². The van der Waals surface area contributed by atoms with Gasteiger partial charge in [-0.15, -0.1) is 0 Å². The number of ether oxygens (including phenoxy) is 1. The summed E-state index contributed by atoms with van der Waals surface area (Å²) in [5, 5.41) is 10.3. The van der Waals surface area contributed by atoms with E-state index in [1.165, 1.54) is 6.07 Å². The lowest BCUT2D eigenvalue weighted by Gasteiger charge is -2.33. The minimum absolute atomic E-state index is 0.216. The van der Waals surface area contributed by atoms with E-state index in [9.17, 15) is 9.59 Å². The molecule has 0 amide bonds. The molecule has 7 heteroatoms. The second-order valence-electron chi connectivity index (χ2n) is 6.94. The van der Waals surface area contributed by atoms with Gasteiger partial charge < -0.3 is 14.3 Å². The second kappa shape index (κ2) is 7.15. The van der Waals surface area contributed by atoms with Gasteiger partial charge in [-0.1, -0.05) is 29.3 Å². The molecule has 1 N–H and O–H groups in total. The first-order valence-corrected chi connectivity index (χ1v) is 9.51. The van der Waals surface area contributed by atoms with Crippen molar-refractivity contribution in [1.29, 1.82) is 0 Å². The second-order valence-corrected chi connectivity index (χ2v) is 7.75. The molecule has 1 aliphatic rings. The van der Waals surface area contributed by atoms with Crippen LogP contribution in [-0.2, 0) is 4.79 Å². The summed E-state index contributed by atoms with van der Waals surface area (Å²) in [5.74, 6) is -0.461. The molecule has 1 aliphatic carbocycles. The fraction of sp³-hybridized carbons (Fsp3) is 0.238. The van der Waals surface area contributed by atoms with Gasteiger partial charge in [0.05, 0.1) is 21.9 Å². The Kier molecular flexibility index (Phi) is 4.81. The number of carbonyl (C=O) groups is 1. The molecule has 3 aromatic rings. The van der Waals surface area contributed by atoms with Crippen LogP contribution < -0.4 is 10.2 Å². The van der Waals surface area contributed by atoms with E-state index in [1.54, 1.807) is 30.3 Å². The van der Waals surface area contributed by atoms with Crippen molar-refractivity contribution in [3.05, 3.63) is 62.2 Å². The van der Waals surface area contributed by atoms with E-state index in [1.807, 2.05) is 6.92 Å². The molecule has 0 radical (unpaired) electrons. The average molecular weight is 419 g/mol. The average Bonchev–Trinajstić information content (AvgIpc) is 2.60. The van der Waals surface area contributed by atoms with Crippen molar-refractivity contribution in [2.45, 2.75) is 25.9 Å². The Bertz CT molecular complexity index is 1150. The fourth-order valence-corrected chi connectivity index (χ4v) is 3.64. The summed E-state index contributed by atoms with van der Waals surface area (Å²) in [6, 6.07) is 9.85. The van der Waals surface area contributed by atoms with Gasteiger partial charge in [0.1, 0.15) is 17.6 Å². The van der Waals surface area contributed by atoms with Crippen LogP contribution in [0.2, 0.25) is 10.0 Å². The number of halogens is 2. The summed E-state index contributed by atoms with van der Waals surface area (Å²) in [6.45, 7) is 1.84. The molecule has 2 aromatic carbocycles. The van der Waals surface area contributed by atoms with Crippen molar-refractivity contribution in [3.63, 3.8) is 0 Å². The highest BCUT2D eigenvalue weighted by molar-refractivity contribution is 6.34. The van der Waals surface area contributed by atoms with Crippen molar-refractivity contribution in [2.75, 3.05) is 0 Å². The van der Waals surface area contributed by atoms with Gasteiger partial charge in [-0.25, -0.2) is 0 Å². The Balaban J connectivity index is 1.78. The van der Waals surface area contributed by atoms with Gasteiger partial charge in [0.25, 0.3) is 0 Å². The number of hydrogen-bond donors (Lipinski definition) is 1. The van der Waals surface area contributed by atoms with E-state index in [0.717, 1.165) is 5.56 Å². The van der Waals surface area contributed by atoms with E-state index >= 15 is 0 Å². The molecule has 0 aliphatic heterocycles. The van der Waals surface area contributed by atoms with Gasteiger partial charge in [0.2, 0.25) is 0 Å². The monoisotopic (exact) mass is 418 g/mol. The highest BCUT2D eigenvalue weighted by atomic mass is 35.5. The topological polar surface area (TPSA) is 76.7 Å². The maximum absolute atomic E-state index is 12.5. The predicted molar refractivity (Wildman–Crippen MR) is 107 cm³/mol. The van der Waals surface area contributed by atoms with E-state index in [2.05, 4.69) is 0 Å². The zero-order valence-electron chi connectivity index (χ0n) is 14.9. The molecule has 4 rings (SSSR count). The van der Waals surface area contributed by atoms with E-state index in [4.69, 9.17) is 37.5 Å². The summed E-state index contributed by atoms with van der Waals surface area (Å²) in [4.78, 5) is 23.6. The maximum atomic E-state index is 12.5. The van der Waals surface area contributed by atoms with Crippen molar-refractivity contribution in [2.24, 2.45) is 5.92 Å². The summed E-state index contributed by atoms with van der Waals surface area (Å²) in [7, 11) is 0. The Morgan fingerprint density at radius 3 is 2.64 bits per heavy atom. The number of rotatable bonds is 4. The molecular formula is C21H16Cl2O5. The highest BCUT2D eigenvalue weighted by Crippen LogP contribution is 2.39. The Morgan fingerprint density at radius 1 is 1.18 bits per heavy atom. The molecule has 0 spiro atoms. The lowest BCUT2D eigenvalue weighted by Crippen LogP contribution is -2.38. The summed E-state index contributed by atoms with van der Waals surface area (Å²) < 4.78 is 11.9. The third kappa shape index (κ3) is 3.36. The largest absolute Gasteiger partial charge is 0.490 e. The van der Waals surface area contributed by atoms with Gasteiger partial charge >= 0.3 is 5.97 Å². The van der Waals surface area contributed by atoms with E-state index < -0.39 is 11.9 Å². The van der Waals surface area contributed by atoms with Crippen LogP contribution in [0.1, 0.15) is 18.4 Å². The minimum atomic E-state index is -0.822. The number of para-hydroxylation sites is 1. The number of carboxylic acid groups (broad SMARTS) is 1. The normalized spacial score (nSPS) is 18.7. The van der Waals surface area contributed by atoms with Gasteiger partial charge in [0, 0.05) is 11.1 Å². The molecule has 0 atom stereocenters. The Morgan fingerprint density at radius 2 is 1.93 bits per heavy atom. The SMILES string of the molecule is Cc1cc(-c2cc(=O)c3cccc(Cl)c3o2)c(O[C@H]2C[C@@H](C(=O)O)C2)cc1Cl. The standard InChI is InChI=1S/C21H16Cl2O5/c1-10-5-14(18(8-16(10)23)27-12-6-11(7-12)21(25)26)19-9-17(24)13-3-2-4-15(22)20(13)28-19/h2-5,8-9,11-12H,6-7H2,1H3,(H,25,26)/t11-,12+. The highest BCUT2D eigenvalue weighted by Gasteiger charge is 2.36. The van der Waals surface area contributed by atoms with Crippen LogP contribution in [0.5, 0.6) is 5.75 Å². The van der Waals surface area contributed by atoms with Crippen LogP contribution in [0.4, 0.5) is 0 Å². The van der Waals surface area contributed by atoms with Crippen molar-refractivity contribution < 1.29 is 19.1 Å². The van der Waals surface area contributed by atoms with Crippen molar-refractivity contribution in [3.8, 4) is 17.1 Å². The van der Waals surface area contributed by atoms with Crippen LogP contribution in [-0.4, -0.2) is 17.2 Å². The third-order valence-electron chi connectivity index (χ3n) is 4.97. The van der Waals surface area contributed by atoms with Crippen molar-refractivity contribution in [1.82, 2.24) is 0 Å². The van der Waals surface area contributed by atoms with Crippen molar-refractivity contribution >= 4 is 40.1 Å². The molecule has 0 unspecified atom stereocenters. The molecule has 0 bridgehead atoms.